The van der Waals surface area contributed by atoms with Gasteiger partial charge in [0, 0.05) is 24.1 Å². The van der Waals surface area contributed by atoms with E-state index in [0.29, 0.717) is 12.8 Å². The van der Waals surface area contributed by atoms with Crippen molar-refractivity contribution >= 4 is 27.5 Å². The number of sulfonamides is 1. The van der Waals surface area contributed by atoms with Crippen LogP contribution in [0, 0.1) is 0 Å². The lowest BCUT2D eigenvalue weighted by Gasteiger charge is -2.14. The predicted molar refractivity (Wildman–Crippen MR) is 98.8 cm³/mol. The van der Waals surface area contributed by atoms with E-state index < -0.39 is 10.0 Å². The highest BCUT2D eigenvalue weighted by Gasteiger charge is 2.29. The van der Waals surface area contributed by atoms with E-state index in [1.54, 1.807) is 6.26 Å². The molecule has 0 saturated heterocycles. The molecule has 1 atom stereocenters. The number of rotatable bonds is 8. The molecule has 8 heteroatoms. The first-order valence-corrected chi connectivity index (χ1v) is 10.4. The maximum absolute atomic E-state index is 12.4. The molecule has 1 amide bonds. The van der Waals surface area contributed by atoms with Crippen LogP contribution in [0.1, 0.15) is 42.3 Å². The zero-order chi connectivity index (χ0) is 18.7. The van der Waals surface area contributed by atoms with Gasteiger partial charge in [0.05, 0.1) is 11.3 Å². The molecule has 3 rings (SSSR count). The van der Waals surface area contributed by atoms with Crippen molar-refractivity contribution < 1.29 is 17.6 Å². The Hall–Kier alpha value is -1.83. The summed E-state index contributed by atoms with van der Waals surface area (Å²) < 4.78 is 32.6. The lowest BCUT2D eigenvalue weighted by Crippen LogP contribution is -2.33. The summed E-state index contributed by atoms with van der Waals surface area (Å²) in [5, 5.41) is 2.97. The van der Waals surface area contributed by atoms with Crippen molar-refractivity contribution in [3.63, 3.8) is 0 Å². The zero-order valence-electron chi connectivity index (χ0n) is 14.4. The van der Waals surface area contributed by atoms with Crippen molar-refractivity contribution in [2.45, 2.75) is 49.6 Å². The summed E-state index contributed by atoms with van der Waals surface area (Å²) in [4.78, 5) is 12.4. The number of nitrogens with one attached hydrogen (secondary N) is 2. The average molecular weight is 397 g/mol. The van der Waals surface area contributed by atoms with E-state index in [1.165, 1.54) is 18.2 Å². The molecule has 1 saturated carbocycles. The molecule has 0 unspecified atom stereocenters. The lowest BCUT2D eigenvalue weighted by molar-refractivity contribution is 0.0938. The van der Waals surface area contributed by atoms with E-state index in [0.717, 1.165) is 18.6 Å². The Morgan fingerprint density at radius 1 is 1.35 bits per heavy atom. The van der Waals surface area contributed by atoms with Gasteiger partial charge in [0.25, 0.3) is 5.91 Å². The number of halogens is 1. The first kappa shape index (κ1) is 18.9. The SMILES string of the molecule is C[C@@H](CCc1ccco1)NC(=O)c1ccc(Cl)c(S(=O)(=O)NC2CC2)c1. The molecule has 2 aromatic rings. The van der Waals surface area contributed by atoms with Crippen LogP contribution in [-0.2, 0) is 16.4 Å². The Kier molecular flexibility index (Phi) is 5.70. The van der Waals surface area contributed by atoms with E-state index in [2.05, 4.69) is 10.0 Å². The first-order valence-electron chi connectivity index (χ1n) is 8.50. The normalized spacial score (nSPS) is 15.6. The van der Waals surface area contributed by atoms with Gasteiger partial charge in [0.2, 0.25) is 10.0 Å². The third-order valence-electron chi connectivity index (χ3n) is 4.16. The lowest BCUT2D eigenvalue weighted by atomic mass is 10.1. The fourth-order valence-electron chi connectivity index (χ4n) is 2.53. The molecule has 1 aromatic heterocycles. The molecule has 1 aromatic carbocycles. The van der Waals surface area contributed by atoms with Crippen LogP contribution < -0.4 is 10.0 Å². The van der Waals surface area contributed by atoms with E-state index >= 15 is 0 Å². The summed E-state index contributed by atoms with van der Waals surface area (Å²) in [7, 11) is -3.73. The Balaban J connectivity index is 1.66. The van der Waals surface area contributed by atoms with Crippen LogP contribution in [0.5, 0.6) is 0 Å². The minimum Gasteiger partial charge on any atom is -0.469 e. The Morgan fingerprint density at radius 3 is 2.77 bits per heavy atom. The molecule has 1 heterocycles. The van der Waals surface area contributed by atoms with Gasteiger partial charge in [-0.2, -0.15) is 0 Å². The third-order valence-corrected chi connectivity index (χ3v) is 6.17. The van der Waals surface area contributed by atoms with Gasteiger partial charge < -0.3 is 9.73 Å². The van der Waals surface area contributed by atoms with Crippen LogP contribution in [-0.4, -0.2) is 26.4 Å². The fourth-order valence-corrected chi connectivity index (χ4v) is 4.36. The topological polar surface area (TPSA) is 88.4 Å². The fraction of sp³-hybridized carbons (Fsp3) is 0.389. The number of aryl methyl sites for hydroxylation is 1. The van der Waals surface area contributed by atoms with Gasteiger partial charge in [-0.05, 0) is 56.5 Å². The van der Waals surface area contributed by atoms with Crippen molar-refractivity contribution in [3.05, 3.63) is 52.9 Å². The van der Waals surface area contributed by atoms with Crippen molar-refractivity contribution in [1.29, 1.82) is 0 Å². The van der Waals surface area contributed by atoms with E-state index in [4.69, 9.17) is 16.0 Å². The summed E-state index contributed by atoms with van der Waals surface area (Å²) in [6, 6.07) is 7.87. The Labute approximate surface area is 158 Å². The molecule has 0 aliphatic heterocycles. The quantitative estimate of drug-likeness (QED) is 0.717. The van der Waals surface area contributed by atoms with Gasteiger partial charge in [-0.25, -0.2) is 13.1 Å². The molecule has 0 bridgehead atoms. The van der Waals surface area contributed by atoms with Crippen LogP contribution >= 0.6 is 11.6 Å². The summed E-state index contributed by atoms with van der Waals surface area (Å²) in [6.45, 7) is 1.89. The van der Waals surface area contributed by atoms with Gasteiger partial charge in [0.1, 0.15) is 10.7 Å². The number of carbonyl (C=O) groups excluding carboxylic acids is 1. The Bertz CT molecular complexity index is 877. The minimum atomic E-state index is -3.73. The molecule has 1 aliphatic rings. The highest BCUT2D eigenvalue weighted by Crippen LogP contribution is 2.27. The van der Waals surface area contributed by atoms with Gasteiger partial charge in [0.15, 0.2) is 0 Å². The molecule has 0 spiro atoms. The van der Waals surface area contributed by atoms with Crippen molar-refractivity contribution in [1.82, 2.24) is 10.0 Å². The van der Waals surface area contributed by atoms with E-state index in [1.807, 2.05) is 19.1 Å². The largest absolute Gasteiger partial charge is 0.469 e. The molecule has 26 heavy (non-hydrogen) atoms. The second-order valence-corrected chi connectivity index (χ2v) is 8.62. The molecular formula is C18H21ClN2O4S. The van der Waals surface area contributed by atoms with E-state index in [9.17, 15) is 13.2 Å². The second-order valence-electron chi connectivity index (χ2n) is 6.53. The standard InChI is InChI=1S/C18H21ClN2O4S/c1-12(4-8-15-3-2-10-25-15)20-18(22)13-5-9-16(19)17(11-13)26(23,24)21-14-6-7-14/h2-3,5,9-12,14,21H,4,6-8H2,1H3,(H,20,22)/t12-/m0/s1. The summed E-state index contributed by atoms with van der Waals surface area (Å²) >= 11 is 6.04. The van der Waals surface area contributed by atoms with Gasteiger partial charge >= 0.3 is 0 Å². The van der Waals surface area contributed by atoms with Crippen molar-refractivity contribution in [3.8, 4) is 0 Å². The smallest absolute Gasteiger partial charge is 0.251 e. The van der Waals surface area contributed by atoms with E-state index in [-0.39, 0.29) is 33.5 Å². The highest BCUT2D eigenvalue weighted by molar-refractivity contribution is 7.89. The molecule has 140 valence electrons. The maximum Gasteiger partial charge on any atom is 0.251 e. The van der Waals surface area contributed by atoms with Crippen LogP contribution in [0.25, 0.3) is 0 Å². The Morgan fingerprint density at radius 2 is 2.12 bits per heavy atom. The number of hydrogen-bond acceptors (Lipinski definition) is 4. The molecule has 1 fully saturated rings. The van der Waals surface area contributed by atoms with Crippen LogP contribution in [0.4, 0.5) is 0 Å². The predicted octanol–water partition coefficient (Wildman–Crippen LogP) is 3.12. The zero-order valence-corrected chi connectivity index (χ0v) is 15.9. The summed E-state index contributed by atoms with van der Waals surface area (Å²) in [5.41, 5.74) is 0.260. The molecule has 1 aliphatic carbocycles. The monoisotopic (exact) mass is 396 g/mol. The number of furan rings is 1. The third kappa shape index (κ3) is 4.87. The van der Waals surface area contributed by atoms with Gasteiger partial charge in [-0.15, -0.1) is 0 Å². The minimum absolute atomic E-state index is 0.0322. The average Bonchev–Trinajstić information content (AvgIpc) is 3.23. The molecule has 0 radical (unpaired) electrons. The van der Waals surface area contributed by atoms with Crippen molar-refractivity contribution in [2.24, 2.45) is 0 Å². The van der Waals surface area contributed by atoms with Crippen molar-refractivity contribution in [2.75, 3.05) is 0 Å². The number of benzene rings is 1. The van der Waals surface area contributed by atoms with Crippen LogP contribution in [0.15, 0.2) is 45.9 Å². The van der Waals surface area contributed by atoms with Gasteiger partial charge in [-0.1, -0.05) is 11.6 Å². The molecule has 6 nitrogen and oxygen atoms in total. The molecular weight excluding hydrogens is 376 g/mol. The maximum atomic E-state index is 12.4. The number of hydrogen-bond donors (Lipinski definition) is 2. The number of amides is 1. The summed E-state index contributed by atoms with van der Waals surface area (Å²) in [6.07, 6.45) is 4.68. The highest BCUT2D eigenvalue weighted by atomic mass is 35.5. The summed E-state index contributed by atoms with van der Waals surface area (Å²) in [5.74, 6) is 0.522. The van der Waals surface area contributed by atoms with Crippen LogP contribution in [0.2, 0.25) is 5.02 Å². The number of carbonyl (C=O) groups is 1. The van der Waals surface area contributed by atoms with Gasteiger partial charge in [-0.3, -0.25) is 4.79 Å². The second kappa shape index (κ2) is 7.82. The van der Waals surface area contributed by atoms with Crippen LogP contribution in [0.3, 0.4) is 0 Å². The molecule has 2 N–H and O–H groups in total. The first-order chi connectivity index (χ1) is 12.3.